The van der Waals surface area contributed by atoms with Crippen molar-refractivity contribution in [3.05, 3.63) is 94.1 Å². The minimum atomic E-state index is -0.252. The number of aryl methyl sites for hydroxylation is 2. The number of aromatic nitrogens is 5. The molecule has 0 aliphatic rings. The molecule has 0 aliphatic heterocycles. The van der Waals surface area contributed by atoms with Crippen LogP contribution in [0.25, 0.3) is 51.8 Å². The number of aromatic amines is 2. The van der Waals surface area contributed by atoms with Gasteiger partial charge in [0, 0.05) is 40.3 Å². The highest BCUT2D eigenvalue weighted by molar-refractivity contribution is 5.96. The van der Waals surface area contributed by atoms with Gasteiger partial charge < -0.3 is 14.8 Å². The molecule has 0 fully saturated rings. The molecule has 5 aromatic rings. The van der Waals surface area contributed by atoms with E-state index in [9.17, 15) is 4.39 Å². The van der Waals surface area contributed by atoms with E-state index in [2.05, 4.69) is 79.9 Å². The van der Waals surface area contributed by atoms with Gasteiger partial charge in [-0.25, -0.2) is 4.39 Å². The minimum Gasteiger partial charge on any atom is -0.353 e. The number of H-pyrrole nitrogens is 2. The van der Waals surface area contributed by atoms with Crippen molar-refractivity contribution >= 4 is 29.1 Å². The van der Waals surface area contributed by atoms with Crippen LogP contribution in [0.2, 0.25) is 0 Å². The van der Waals surface area contributed by atoms with Gasteiger partial charge >= 0.3 is 0 Å². The first kappa shape index (κ1) is 31.0. The first-order chi connectivity index (χ1) is 21.2. The normalized spacial score (nSPS) is 12.7. The molecule has 0 radical (unpaired) electrons. The Bertz CT molecular complexity index is 1880. The number of nitrogens with zero attached hydrogens (tertiary/aromatic N) is 5. The average molecular weight is 592 g/mol. The molecule has 2 N–H and O–H groups in total. The molecule has 0 saturated heterocycles. The van der Waals surface area contributed by atoms with Crippen molar-refractivity contribution in [1.29, 1.82) is 0 Å². The molecular formula is C36H42FN7. The zero-order valence-corrected chi connectivity index (χ0v) is 26.4. The van der Waals surface area contributed by atoms with Gasteiger partial charge in [0.15, 0.2) is 0 Å². The molecule has 0 amide bonds. The molecule has 0 atom stereocenters. The topological polar surface area (TPSA) is 76.7 Å². The summed E-state index contributed by atoms with van der Waals surface area (Å²) in [7, 11) is 8.29. The van der Waals surface area contributed by atoms with Gasteiger partial charge in [0.25, 0.3) is 0 Å². The first-order valence-corrected chi connectivity index (χ1v) is 15.1. The Morgan fingerprint density at radius 1 is 0.932 bits per heavy atom. The van der Waals surface area contributed by atoms with Crippen LogP contribution in [-0.2, 0) is 12.8 Å². The predicted octanol–water partition coefficient (Wildman–Crippen LogP) is 5.44. The molecule has 4 heterocycles. The molecule has 4 aromatic heterocycles. The molecular weight excluding hydrogens is 549 g/mol. The Balaban J connectivity index is 1.49. The number of pyridine rings is 2. The van der Waals surface area contributed by atoms with Crippen LogP contribution < -0.4 is 10.6 Å². The lowest BCUT2D eigenvalue weighted by Gasteiger charge is -2.10. The van der Waals surface area contributed by atoms with Crippen LogP contribution in [0.15, 0.2) is 61.1 Å². The van der Waals surface area contributed by atoms with Gasteiger partial charge in [0.05, 0.1) is 16.7 Å². The summed E-state index contributed by atoms with van der Waals surface area (Å²) in [5.41, 5.74) is 8.28. The van der Waals surface area contributed by atoms with Crippen LogP contribution >= 0.6 is 0 Å². The average Bonchev–Trinajstić information content (AvgIpc) is 3.58. The third-order valence-corrected chi connectivity index (χ3v) is 7.80. The van der Waals surface area contributed by atoms with Crippen molar-refractivity contribution in [2.45, 2.75) is 32.6 Å². The van der Waals surface area contributed by atoms with Gasteiger partial charge in [0.1, 0.15) is 11.5 Å². The maximum absolute atomic E-state index is 14.8. The second-order valence-corrected chi connectivity index (χ2v) is 11.9. The maximum Gasteiger partial charge on any atom is 0.124 e. The summed E-state index contributed by atoms with van der Waals surface area (Å²) >= 11 is 0. The largest absolute Gasteiger partial charge is 0.353 e. The van der Waals surface area contributed by atoms with E-state index in [4.69, 9.17) is 0 Å². The van der Waals surface area contributed by atoms with Crippen LogP contribution in [0.5, 0.6) is 0 Å². The molecule has 228 valence electrons. The molecule has 7 nitrogen and oxygen atoms in total. The van der Waals surface area contributed by atoms with Crippen LogP contribution in [0.1, 0.15) is 36.5 Å². The predicted molar refractivity (Wildman–Crippen MR) is 180 cm³/mol. The summed E-state index contributed by atoms with van der Waals surface area (Å²) < 4.78 is 14.8. The van der Waals surface area contributed by atoms with Gasteiger partial charge in [-0.1, -0.05) is 12.7 Å². The summed E-state index contributed by atoms with van der Waals surface area (Å²) in [6.07, 6.45) is 13.6. The number of benzene rings is 1. The molecule has 0 aliphatic carbocycles. The van der Waals surface area contributed by atoms with Crippen molar-refractivity contribution in [2.24, 2.45) is 0 Å². The number of rotatable bonds is 12. The number of fused-ring (bicyclic) bond motifs is 1. The molecule has 44 heavy (non-hydrogen) atoms. The van der Waals surface area contributed by atoms with Crippen molar-refractivity contribution in [3.8, 4) is 22.6 Å². The third-order valence-electron chi connectivity index (χ3n) is 7.80. The van der Waals surface area contributed by atoms with E-state index < -0.39 is 0 Å². The van der Waals surface area contributed by atoms with Gasteiger partial charge in [-0.3, -0.25) is 15.1 Å². The highest BCUT2D eigenvalue weighted by Gasteiger charge is 2.15. The van der Waals surface area contributed by atoms with E-state index in [1.54, 1.807) is 18.3 Å². The molecule has 0 saturated carbocycles. The van der Waals surface area contributed by atoms with Gasteiger partial charge in [0.2, 0.25) is 0 Å². The van der Waals surface area contributed by atoms with Crippen molar-refractivity contribution in [3.63, 3.8) is 0 Å². The van der Waals surface area contributed by atoms with Gasteiger partial charge in [-0.2, -0.15) is 5.10 Å². The zero-order valence-electron chi connectivity index (χ0n) is 26.4. The van der Waals surface area contributed by atoms with E-state index in [0.29, 0.717) is 0 Å². The number of halogens is 1. The fraction of sp³-hybridized carbons (Fsp3) is 0.306. The second kappa shape index (κ2) is 13.9. The fourth-order valence-electron chi connectivity index (χ4n) is 5.56. The summed E-state index contributed by atoms with van der Waals surface area (Å²) in [6.45, 7) is 8.24. The van der Waals surface area contributed by atoms with Crippen LogP contribution in [-0.4, -0.2) is 76.2 Å². The van der Waals surface area contributed by atoms with Crippen molar-refractivity contribution in [2.75, 3.05) is 41.3 Å². The lowest BCUT2D eigenvalue weighted by Crippen LogP contribution is -2.22. The molecule has 0 unspecified atom stereocenters. The number of hydrogen-bond acceptors (Lipinski definition) is 5. The van der Waals surface area contributed by atoms with E-state index in [-0.39, 0.29) is 5.82 Å². The van der Waals surface area contributed by atoms with E-state index in [1.165, 1.54) is 5.56 Å². The number of nitrogens with one attached hydrogen (secondary N) is 2. The molecule has 0 spiro atoms. The molecule has 5 rings (SSSR count). The highest BCUT2D eigenvalue weighted by atomic mass is 19.1. The van der Waals surface area contributed by atoms with Gasteiger partial charge in [-0.05, 0) is 139 Å². The summed E-state index contributed by atoms with van der Waals surface area (Å²) in [5.74, 6) is -0.252. The van der Waals surface area contributed by atoms with E-state index in [1.807, 2.05) is 45.5 Å². The molecule has 8 heteroatoms. The Labute approximate surface area is 258 Å². The number of allylic oxidation sites excluding steroid dienone is 2. The highest BCUT2D eigenvalue weighted by Crippen LogP contribution is 2.31. The Morgan fingerprint density at radius 2 is 1.68 bits per heavy atom. The smallest absolute Gasteiger partial charge is 0.124 e. The lowest BCUT2D eigenvalue weighted by molar-refractivity contribution is 0.400. The lowest BCUT2D eigenvalue weighted by atomic mass is 10.0. The van der Waals surface area contributed by atoms with E-state index in [0.717, 1.165) is 99.6 Å². The van der Waals surface area contributed by atoms with Crippen LogP contribution in [0.3, 0.4) is 0 Å². The monoisotopic (exact) mass is 591 g/mol. The quantitative estimate of drug-likeness (QED) is 0.202. The standard InChI is InChI=1S/C36H42FN7/c1-7-27(29-17-26(22-38-23-29)11-9-15-44(5)6)20-31-24(2)41-42-36(31)34-21-32-33(40-34)12-13-39-35(32)28-16-25(18-30(37)19-28)10-8-14-43(3)4/h7,12-13,16-23,40-41H,2,8-11,14-15H2,1,3-6H3/b27-7+,31-20+. The molecule has 0 bridgehead atoms. The van der Waals surface area contributed by atoms with Crippen LogP contribution in [0, 0.1) is 5.82 Å². The van der Waals surface area contributed by atoms with E-state index >= 15 is 0 Å². The first-order valence-electron chi connectivity index (χ1n) is 15.1. The second-order valence-electron chi connectivity index (χ2n) is 11.9. The molecule has 1 aromatic carbocycles. The SMILES string of the molecule is C=c1[nH]nc(-c2cc3c(-c4cc(F)cc(CCCN(C)C)c4)nccc3[nH]2)/c1=C/C(=C\C)c1cncc(CCCN(C)C)c1. The maximum atomic E-state index is 14.8. The summed E-state index contributed by atoms with van der Waals surface area (Å²) in [6, 6.07) is 11.4. The Hall–Kier alpha value is -4.40. The number of hydrogen-bond donors (Lipinski definition) is 2. The minimum absolute atomic E-state index is 0.252. The van der Waals surface area contributed by atoms with Gasteiger partial charge in [-0.15, -0.1) is 0 Å². The third kappa shape index (κ3) is 7.38. The Morgan fingerprint density at radius 3 is 2.41 bits per heavy atom. The zero-order chi connectivity index (χ0) is 31.2. The van der Waals surface area contributed by atoms with Crippen molar-refractivity contribution < 1.29 is 4.39 Å². The Kier molecular flexibility index (Phi) is 9.82. The van der Waals surface area contributed by atoms with Crippen LogP contribution in [0.4, 0.5) is 4.39 Å². The fourth-order valence-corrected chi connectivity index (χ4v) is 5.56. The summed E-state index contributed by atoms with van der Waals surface area (Å²) in [5, 5.41) is 10.2. The summed E-state index contributed by atoms with van der Waals surface area (Å²) in [4.78, 5) is 17.1. The van der Waals surface area contributed by atoms with Crippen molar-refractivity contribution in [1.82, 2.24) is 34.9 Å².